The first kappa shape index (κ1) is 32.7. The smallest absolute Gasteiger partial charge is 0.393 e. The summed E-state index contributed by atoms with van der Waals surface area (Å²) in [7, 11) is -9.63. The average Bonchev–Trinajstić information content (AvgIpc) is 3.22. The SMILES string of the molecule is CC(O)C1CCC2C3CC(OC4OC(C)C(OS(=O)(=O)O)C(O)C4O)C4CC(OS(=O)(=O)O)CCC4(C)C3=CCC12C. The lowest BCUT2D eigenvalue weighted by Gasteiger charge is -2.59. The molecule has 0 radical (unpaired) electrons. The second kappa shape index (κ2) is 11.3. The summed E-state index contributed by atoms with van der Waals surface area (Å²) in [6, 6.07) is 0. The quantitative estimate of drug-likeness (QED) is 0.199. The van der Waals surface area contributed by atoms with Gasteiger partial charge in [-0.1, -0.05) is 25.5 Å². The van der Waals surface area contributed by atoms with E-state index in [2.05, 4.69) is 24.1 Å². The second-order valence-electron chi connectivity index (χ2n) is 13.5. The lowest BCUT2D eigenvalue weighted by molar-refractivity contribution is -0.312. The topological polar surface area (TPSA) is 206 Å². The van der Waals surface area contributed by atoms with E-state index >= 15 is 0 Å². The van der Waals surface area contributed by atoms with Crippen LogP contribution in [-0.2, 0) is 38.6 Å². The molecule has 242 valence electrons. The van der Waals surface area contributed by atoms with Crippen molar-refractivity contribution in [1.82, 2.24) is 0 Å². The third-order valence-electron chi connectivity index (χ3n) is 11.2. The fourth-order valence-electron chi connectivity index (χ4n) is 9.31. The van der Waals surface area contributed by atoms with Crippen LogP contribution in [0.4, 0.5) is 0 Å². The molecule has 0 amide bonds. The number of aliphatic hydroxyl groups is 3. The van der Waals surface area contributed by atoms with Crippen LogP contribution in [0.15, 0.2) is 11.6 Å². The summed E-state index contributed by atoms with van der Waals surface area (Å²) in [5.74, 6) is 0.204. The highest BCUT2D eigenvalue weighted by Crippen LogP contribution is 2.66. The van der Waals surface area contributed by atoms with Gasteiger partial charge in [-0.25, -0.2) is 8.37 Å². The highest BCUT2D eigenvalue weighted by molar-refractivity contribution is 7.81. The monoisotopic (exact) mass is 640 g/mol. The van der Waals surface area contributed by atoms with Gasteiger partial charge >= 0.3 is 20.8 Å². The van der Waals surface area contributed by atoms with Crippen LogP contribution in [0.5, 0.6) is 0 Å². The predicted molar refractivity (Wildman–Crippen MR) is 146 cm³/mol. The molecule has 0 aromatic heterocycles. The maximum atomic E-state index is 11.6. The Balaban J connectivity index is 1.46. The third kappa shape index (κ3) is 5.96. The number of aliphatic hydroxyl groups excluding tert-OH is 3. The van der Waals surface area contributed by atoms with E-state index in [1.54, 1.807) is 0 Å². The van der Waals surface area contributed by atoms with Crippen LogP contribution in [0.25, 0.3) is 0 Å². The Kier molecular flexibility index (Phi) is 8.76. The number of allylic oxidation sites excluding steroid dienone is 2. The molecule has 3 saturated carbocycles. The Morgan fingerprint density at radius 2 is 1.64 bits per heavy atom. The minimum Gasteiger partial charge on any atom is -0.393 e. The van der Waals surface area contributed by atoms with E-state index in [0.29, 0.717) is 19.3 Å². The van der Waals surface area contributed by atoms with Crippen molar-refractivity contribution in [3.05, 3.63) is 11.6 Å². The highest BCUT2D eigenvalue weighted by atomic mass is 32.3. The first-order chi connectivity index (χ1) is 19.3. The van der Waals surface area contributed by atoms with E-state index in [4.69, 9.17) is 18.2 Å². The molecule has 13 nitrogen and oxygen atoms in total. The lowest BCUT2D eigenvalue weighted by atomic mass is 9.48. The molecular formula is C27H44O13S2. The van der Waals surface area contributed by atoms with Gasteiger partial charge in [-0.15, -0.1) is 0 Å². The predicted octanol–water partition coefficient (Wildman–Crippen LogP) is 1.78. The maximum absolute atomic E-state index is 11.6. The summed E-state index contributed by atoms with van der Waals surface area (Å²) >= 11 is 0. The molecule has 5 aliphatic rings. The van der Waals surface area contributed by atoms with Gasteiger partial charge in [0.25, 0.3) is 0 Å². The standard InChI is InChI=1S/C27H44O13S2/c1-13(28)17-5-6-18-16-12-21(38-25-23(30)22(29)24(14(2)37-25)40-42(34,35)36)20-11-15(39-41(31,32)33)7-9-27(20,4)19(16)8-10-26(17,18)3/h8,13-18,20-25,28-30H,5-7,9-12H2,1-4H3,(H,31,32,33)(H,34,35,36). The molecule has 15 heteroatoms. The lowest BCUT2D eigenvalue weighted by Crippen LogP contribution is -2.61. The Bertz CT molecular complexity index is 1270. The van der Waals surface area contributed by atoms with Crippen molar-refractivity contribution in [3.8, 4) is 0 Å². The molecule has 42 heavy (non-hydrogen) atoms. The molecule has 1 aliphatic heterocycles. The molecule has 14 unspecified atom stereocenters. The molecule has 0 spiro atoms. The van der Waals surface area contributed by atoms with Crippen LogP contribution in [0, 0.1) is 34.5 Å². The van der Waals surface area contributed by atoms with Crippen molar-refractivity contribution >= 4 is 20.8 Å². The first-order valence-corrected chi connectivity index (χ1v) is 17.4. The largest absolute Gasteiger partial charge is 0.397 e. The minimum absolute atomic E-state index is 0.0940. The van der Waals surface area contributed by atoms with Crippen LogP contribution in [0.3, 0.4) is 0 Å². The van der Waals surface area contributed by atoms with Gasteiger partial charge in [0.2, 0.25) is 0 Å². The normalized spacial score (nSPS) is 48.5. The van der Waals surface area contributed by atoms with Gasteiger partial charge in [-0.3, -0.25) is 9.11 Å². The Hall–Kier alpha value is -0.720. The van der Waals surface area contributed by atoms with Crippen LogP contribution in [0.1, 0.15) is 72.6 Å². The molecule has 5 rings (SSSR count). The van der Waals surface area contributed by atoms with Crippen molar-refractivity contribution in [2.24, 2.45) is 34.5 Å². The second-order valence-corrected chi connectivity index (χ2v) is 15.6. The van der Waals surface area contributed by atoms with Crippen LogP contribution < -0.4 is 0 Å². The van der Waals surface area contributed by atoms with E-state index in [1.807, 2.05) is 6.92 Å². The number of fused-ring (bicyclic) bond motifs is 5. The molecule has 0 aromatic rings. The van der Waals surface area contributed by atoms with E-state index in [-0.39, 0.29) is 35.5 Å². The van der Waals surface area contributed by atoms with Crippen molar-refractivity contribution in [2.45, 2.75) is 122 Å². The third-order valence-corrected chi connectivity index (χ3v) is 12.2. The zero-order valence-corrected chi connectivity index (χ0v) is 25.9. The van der Waals surface area contributed by atoms with Crippen LogP contribution >= 0.6 is 0 Å². The Morgan fingerprint density at radius 1 is 0.976 bits per heavy atom. The fourth-order valence-corrected chi connectivity index (χ4v) is 10.4. The van der Waals surface area contributed by atoms with Crippen molar-refractivity contribution in [1.29, 1.82) is 0 Å². The number of rotatable bonds is 7. The van der Waals surface area contributed by atoms with Crippen molar-refractivity contribution in [3.63, 3.8) is 0 Å². The van der Waals surface area contributed by atoms with E-state index in [0.717, 1.165) is 19.3 Å². The molecule has 4 fully saturated rings. The van der Waals surface area contributed by atoms with Crippen LogP contribution in [-0.4, -0.2) is 90.3 Å². The van der Waals surface area contributed by atoms with Crippen molar-refractivity contribution in [2.75, 3.05) is 0 Å². The van der Waals surface area contributed by atoms with Gasteiger partial charge in [-0.05, 0) is 93.3 Å². The zero-order valence-electron chi connectivity index (χ0n) is 24.3. The van der Waals surface area contributed by atoms with Gasteiger partial charge in [0.15, 0.2) is 6.29 Å². The summed E-state index contributed by atoms with van der Waals surface area (Å²) in [6.45, 7) is 7.62. The summed E-state index contributed by atoms with van der Waals surface area (Å²) in [5.41, 5.74) is 0.747. The minimum atomic E-state index is -4.94. The number of hydrogen-bond acceptors (Lipinski definition) is 11. The fraction of sp³-hybridized carbons (Fsp3) is 0.926. The number of ether oxygens (including phenoxy) is 2. The van der Waals surface area contributed by atoms with Gasteiger partial charge in [0.05, 0.1) is 24.4 Å². The van der Waals surface area contributed by atoms with Gasteiger partial charge in [0, 0.05) is 0 Å². The van der Waals surface area contributed by atoms with Gasteiger partial charge < -0.3 is 24.8 Å². The Labute approximate surface area is 247 Å². The van der Waals surface area contributed by atoms with Crippen molar-refractivity contribution < 1.29 is 59.1 Å². The first-order valence-electron chi connectivity index (χ1n) is 14.7. The van der Waals surface area contributed by atoms with E-state index < -0.39 is 75.2 Å². The molecule has 0 aromatic carbocycles. The summed E-state index contributed by atoms with van der Waals surface area (Å²) in [4.78, 5) is 0. The number of hydrogen-bond donors (Lipinski definition) is 5. The molecule has 4 aliphatic carbocycles. The molecule has 1 heterocycles. The average molecular weight is 641 g/mol. The summed E-state index contributed by atoms with van der Waals surface area (Å²) in [6.07, 6.45) is -2.64. The Morgan fingerprint density at radius 3 is 2.26 bits per heavy atom. The molecule has 14 atom stereocenters. The maximum Gasteiger partial charge on any atom is 0.397 e. The van der Waals surface area contributed by atoms with Crippen LogP contribution in [0.2, 0.25) is 0 Å². The summed E-state index contributed by atoms with van der Waals surface area (Å²) in [5, 5.41) is 32.2. The molecular weight excluding hydrogens is 596 g/mol. The highest BCUT2D eigenvalue weighted by Gasteiger charge is 2.61. The molecule has 0 bridgehead atoms. The van der Waals surface area contributed by atoms with E-state index in [9.17, 15) is 36.7 Å². The van der Waals surface area contributed by atoms with E-state index in [1.165, 1.54) is 12.5 Å². The van der Waals surface area contributed by atoms with Gasteiger partial charge in [0.1, 0.15) is 18.3 Å². The molecule has 5 N–H and O–H groups in total. The van der Waals surface area contributed by atoms with Gasteiger partial charge in [-0.2, -0.15) is 16.8 Å². The zero-order chi connectivity index (χ0) is 31.0. The molecule has 1 saturated heterocycles. The summed E-state index contributed by atoms with van der Waals surface area (Å²) < 4.78 is 86.0.